The molecule has 0 atom stereocenters. The third-order valence-electron chi connectivity index (χ3n) is 4.50. The number of hydrogen-bond acceptors (Lipinski definition) is 5. The summed E-state index contributed by atoms with van der Waals surface area (Å²) >= 11 is 0. The van der Waals surface area contributed by atoms with Crippen molar-refractivity contribution < 1.29 is 9.47 Å². The maximum atomic E-state index is 5.57. The Bertz CT molecular complexity index is 699. The van der Waals surface area contributed by atoms with Crippen LogP contribution < -0.4 is 19.7 Å². The molecule has 1 N–H and O–H groups in total. The van der Waals surface area contributed by atoms with Crippen LogP contribution >= 0.6 is 0 Å². The second-order valence-electron chi connectivity index (χ2n) is 6.59. The van der Waals surface area contributed by atoms with E-state index in [9.17, 15) is 0 Å². The molecule has 5 nitrogen and oxygen atoms in total. The van der Waals surface area contributed by atoms with Gasteiger partial charge in [-0.15, -0.1) is 0 Å². The minimum absolute atomic E-state index is 0.325. The number of hydrogen-bond donors (Lipinski definition) is 1. The zero-order valence-corrected chi connectivity index (χ0v) is 15.8. The Morgan fingerprint density at radius 3 is 2.77 bits per heavy atom. The van der Waals surface area contributed by atoms with Gasteiger partial charge in [-0.1, -0.05) is 26.0 Å². The normalized spacial score (nSPS) is 12.4. The van der Waals surface area contributed by atoms with Crippen LogP contribution in [0.25, 0.3) is 0 Å². The Balaban J connectivity index is 1.52. The number of para-hydroxylation sites is 1. The van der Waals surface area contributed by atoms with E-state index in [2.05, 4.69) is 47.2 Å². The van der Waals surface area contributed by atoms with Crippen LogP contribution in [-0.4, -0.2) is 31.4 Å². The molecule has 1 aromatic carbocycles. The van der Waals surface area contributed by atoms with Gasteiger partial charge in [-0.25, -0.2) is 4.98 Å². The Morgan fingerprint density at radius 1 is 1.12 bits per heavy atom. The van der Waals surface area contributed by atoms with Crippen LogP contribution in [0.5, 0.6) is 11.5 Å². The van der Waals surface area contributed by atoms with Crippen molar-refractivity contribution in [3.05, 3.63) is 47.7 Å². The molecule has 0 saturated heterocycles. The first-order valence-corrected chi connectivity index (χ1v) is 9.60. The van der Waals surface area contributed by atoms with Gasteiger partial charge >= 0.3 is 0 Å². The smallest absolute Gasteiger partial charge is 0.231 e. The van der Waals surface area contributed by atoms with E-state index in [1.54, 1.807) is 0 Å². The summed E-state index contributed by atoms with van der Waals surface area (Å²) < 4.78 is 11.0. The molecule has 3 rings (SSSR count). The van der Waals surface area contributed by atoms with Gasteiger partial charge in [-0.05, 0) is 55.1 Å². The molecule has 2 aromatic rings. The lowest BCUT2D eigenvalue weighted by Gasteiger charge is -2.23. The van der Waals surface area contributed by atoms with Crippen LogP contribution in [-0.2, 0) is 13.0 Å². The predicted molar refractivity (Wildman–Crippen MR) is 105 cm³/mol. The van der Waals surface area contributed by atoms with E-state index >= 15 is 0 Å². The molecule has 0 amide bonds. The van der Waals surface area contributed by atoms with Gasteiger partial charge in [0.1, 0.15) is 5.82 Å². The van der Waals surface area contributed by atoms with E-state index in [-0.39, 0.29) is 0 Å². The highest BCUT2D eigenvalue weighted by atomic mass is 16.7. The Labute approximate surface area is 156 Å². The number of aromatic nitrogens is 1. The molecule has 1 aliphatic heterocycles. The molecule has 1 aliphatic rings. The number of pyridine rings is 1. The molecule has 0 spiro atoms. The molecule has 0 fully saturated rings. The molecule has 0 radical (unpaired) electrons. The summed E-state index contributed by atoms with van der Waals surface area (Å²) in [5.41, 5.74) is 2.46. The predicted octanol–water partition coefficient (Wildman–Crippen LogP) is 3.77. The Kier molecular flexibility index (Phi) is 6.72. The van der Waals surface area contributed by atoms with Crippen molar-refractivity contribution in [1.82, 2.24) is 10.3 Å². The second-order valence-corrected chi connectivity index (χ2v) is 6.59. The fourth-order valence-electron chi connectivity index (χ4n) is 3.27. The maximum Gasteiger partial charge on any atom is 0.231 e. The SMILES string of the molecule is CCCN(CCC)c1cc(CNCCc2cccc3c2OCO3)ccn1. The van der Waals surface area contributed by atoms with Crippen LogP contribution in [0, 0.1) is 0 Å². The van der Waals surface area contributed by atoms with Crippen molar-refractivity contribution in [3.8, 4) is 11.5 Å². The quantitative estimate of drug-likeness (QED) is 0.658. The van der Waals surface area contributed by atoms with Crippen LogP contribution in [0.4, 0.5) is 5.82 Å². The highest BCUT2D eigenvalue weighted by Crippen LogP contribution is 2.35. The third kappa shape index (κ3) is 4.67. The minimum atomic E-state index is 0.325. The second kappa shape index (κ2) is 9.43. The first kappa shape index (κ1) is 18.5. The largest absolute Gasteiger partial charge is 0.454 e. The number of ether oxygens (including phenoxy) is 2. The van der Waals surface area contributed by atoms with Crippen molar-refractivity contribution in [2.45, 2.75) is 39.7 Å². The molecule has 140 valence electrons. The highest BCUT2D eigenvalue weighted by molar-refractivity contribution is 5.48. The third-order valence-corrected chi connectivity index (χ3v) is 4.50. The van der Waals surface area contributed by atoms with E-state index < -0.39 is 0 Å². The maximum absolute atomic E-state index is 5.57. The molecule has 0 bridgehead atoms. The Hall–Kier alpha value is -2.27. The molecule has 2 heterocycles. The van der Waals surface area contributed by atoms with Crippen molar-refractivity contribution >= 4 is 5.82 Å². The van der Waals surface area contributed by atoms with Gasteiger partial charge in [0, 0.05) is 25.8 Å². The zero-order valence-electron chi connectivity index (χ0n) is 15.8. The summed E-state index contributed by atoms with van der Waals surface area (Å²) in [6.07, 6.45) is 5.11. The summed E-state index contributed by atoms with van der Waals surface area (Å²) in [6, 6.07) is 10.4. The average Bonchev–Trinajstić information content (AvgIpc) is 3.15. The molecule has 0 saturated carbocycles. The lowest BCUT2D eigenvalue weighted by Crippen LogP contribution is -2.26. The summed E-state index contributed by atoms with van der Waals surface area (Å²) in [5, 5.41) is 3.53. The molecule has 0 aliphatic carbocycles. The monoisotopic (exact) mass is 355 g/mol. The Morgan fingerprint density at radius 2 is 1.96 bits per heavy atom. The average molecular weight is 355 g/mol. The first-order valence-electron chi connectivity index (χ1n) is 9.60. The van der Waals surface area contributed by atoms with Crippen molar-refractivity contribution in [1.29, 1.82) is 0 Å². The van der Waals surface area contributed by atoms with E-state index in [4.69, 9.17) is 9.47 Å². The first-order chi connectivity index (χ1) is 12.8. The summed E-state index contributed by atoms with van der Waals surface area (Å²) in [6.45, 7) is 8.59. The fraction of sp³-hybridized carbons (Fsp3) is 0.476. The van der Waals surface area contributed by atoms with Crippen LogP contribution in [0.2, 0.25) is 0 Å². The van der Waals surface area contributed by atoms with Crippen LogP contribution in [0.15, 0.2) is 36.5 Å². The molecular weight excluding hydrogens is 326 g/mol. The number of benzene rings is 1. The number of rotatable bonds is 10. The highest BCUT2D eigenvalue weighted by Gasteiger charge is 2.16. The molecule has 5 heteroatoms. The fourth-order valence-corrected chi connectivity index (χ4v) is 3.27. The summed E-state index contributed by atoms with van der Waals surface area (Å²) in [7, 11) is 0. The van der Waals surface area contributed by atoms with Gasteiger partial charge in [0.15, 0.2) is 11.5 Å². The van der Waals surface area contributed by atoms with Crippen LogP contribution in [0.1, 0.15) is 37.8 Å². The molecule has 0 unspecified atom stereocenters. The molecule has 26 heavy (non-hydrogen) atoms. The van der Waals surface area contributed by atoms with Gasteiger partial charge in [0.25, 0.3) is 0 Å². The standard InChI is InChI=1S/C21H29N3O2/c1-3-12-24(13-4-2)20-14-17(8-11-23-20)15-22-10-9-18-6-5-7-19-21(18)26-16-25-19/h5-8,11,14,22H,3-4,9-10,12-13,15-16H2,1-2H3. The number of anilines is 1. The summed E-state index contributed by atoms with van der Waals surface area (Å²) in [4.78, 5) is 6.93. The van der Waals surface area contributed by atoms with Crippen LogP contribution in [0.3, 0.4) is 0 Å². The van der Waals surface area contributed by atoms with E-state index in [0.29, 0.717) is 6.79 Å². The zero-order chi connectivity index (χ0) is 18.2. The van der Waals surface area contributed by atoms with Gasteiger partial charge < -0.3 is 19.7 Å². The lowest BCUT2D eigenvalue weighted by molar-refractivity contribution is 0.173. The van der Waals surface area contributed by atoms with Crippen molar-refractivity contribution in [2.75, 3.05) is 31.3 Å². The van der Waals surface area contributed by atoms with Gasteiger partial charge in [0.2, 0.25) is 6.79 Å². The molecule has 1 aromatic heterocycles. The van der Waals surface area contributed by atoms with Crippen molar-refractivity contribution in [2.24, 2.45) is 0 Å². The number of nitrogens with one attached hydrogen (secondary N) is 1. The minimum Gasteiger partial charge on any atom is -0.454 e. The lowest BCUT2D eigenvalue weighted by atomic mass is 10.1. The van der Waals surface area contributed by atoms with Crippen molar-refractivity contribution in [3.63, 3.8) is 0 Å². The van der Waals surface area contributed by atoms with E-state index in [0.717, 1.165) is 62.8 Å². The van der Waals surface area contributed by atoms with E-state index in [1.165, 1.54) is 11.1 Å². The topological polar surface area (TPSA) is 46.6 Å². The van der Waals surface area contributed by atoms with E-state index in [1.807, 2.05) is 18.3 Å². The van der Waals surface area contributed by atoms with Gasteiger partial charge in [-0.3, -0.25) is 0 Å². The van der Waals surface area contributed by atoms with Gasteiger partial charge in [0.05, 0.1) is 0 Å². The molecular formula is C21H29N3O2. The number of nitrogens with zero attached hydrogens (tertiary/aromatic N) is 2. The summed E-state index contributed by atoms with van der Waals surface area (Å²) in [5.74, 6) is 2.84. The number of fused-ring (bicyclic) bond motifs is 1. The van der Waals surface area contributed by atoms with Gasteiger partial charge in [-0.2, -0.15) is 0 Å².